The van der Waals surface area contributed by atoms with Gasteiger partial charge in [-0.2, -0.15) is 0 Å². The topological polar surface area (TPSA) is 36.4 Å². The van der Waals surface area contributed by atoms with Gasteiger partial charge in [-0.3, -0.25) is 4.79 Å². The Morgan fingerprint density at radius 2 is 1.95 bits per heavy atom. The minimum absolute atomic E-state index is 0.133. The maximum Gasteiger partial charge on any atom is 0.253 e. The van der Waals surface area contributed by atoms with Crippen molar-refractivity contribution < 1.29 is 4.79 Å². The number of thiazole rings is 1. The van der Waals surface area contributed by atoms with Gasteiger partial charge >= 0.3 is 0 Å². The molecule has 0 bridgehead atoms. The van der Waals surface area contributed by atoms with Gasteiger partial charge in [-0.05, 0) is 26.0 Å². The molecule has 1 aromatic heterocycles. The molecule has 0 saturated carbocycles. The van der Waals surface area contributed by atoms with E-state index in [9.17, 15) is 4.79 Å². The quantitative estimate of drug-likeness (QED) is 0.856. The van der Waals surface area contributed by atoms with Crippen LogP contribution in [0.1, 0.15) is 21.6 Å². The number of aryl methyl sites for hydroxylation is 2. The Hall–Kier alpha value is -1.88. The molecule has 0 radical (unpaired) electrons. The Morgan fingerprint density at radius 1 is 1.19 bits per heavy atom. The molecular weight excluding hydrogens is 282 g/mol. The van der Waals surface area contributed by atoms with Crippen molar-refractivity contribution in [2.45, 2.75) is 13.8 Å². The zero-order valence-electron chi connectivity index (χ0n) is 12.4. The van der Waals surface area contributed by atoms with Crippen LogP contribution in [0.3, 0.4) is 0 Å². The summed E-state index contributed by atoms with van der Waals surface area (Å²) in [5.41, 5.74) is 2.97. The van der Waals surface area contributed by atoms with E-state index in [0.717, 1.165) is 48.1 Å². The molecule has 0 spiro atoms. The average Bonchev–Trinajstić information content (AvgIpc) is 2.93. The molecule has 0 unspecified atom stereocenters. The number of anilines is 1. The van der Waals surface area contributed by atoms with Gasteiger partial charge in [0.1, 0.15) is 0 Å². The van der Waals surface area contributed by atoms with E-state index in [1.54, 1.807) is 11.3 Å². The number of carbonyl (C=O) groups excluding carboxylic acids is 1. The summed E-state index contributed by atoms with van der Waals surface area (Å²) < 4.78 is 0. The second-order valence-electron chi connectivity index (χ2n) is 5.42. The number of nitrogens with zero attached hydrogens (tertiary/aromatic N) is 3. The molecule has 1 aromatic carbocycles. The van der Waals surface area contributed by atoms with Crippen molar-refractivity contribution in [3.05, 3.63) is 46.5 Å². The van der Waals surface area contributed by atoms with Crippen molar-refractivity contribution in [3.8, 4) is 0 Å². The third kappa shape index (κ3) is 3.08. The molecule has 0 aliphatic carbocycles. The Morgan fingerprint density at radius 3 is 2.57 bits per heavy atom. The predicted molar refractivity (Wildman–Crippen MR) is 86.1 cm³/mol. The second kappa shape index (κ2) is 5.85. The summed E-state index contributed by atoms with van der Waals surface area (Å²) >= 11 is 1.68. The van der Waals surface area contributed by atoms with Crippen LogP contribution in [0.25, 0.3) is 0 Å². The van der Waals surface area contributed by atoms with E-state index < -0.39 is 0 Å². The summed E-state index contributed by atoms with van der Waals surface area (Å²) in [6, 6.07) is 7.81. The first-order valence-corrected chi connectivity index (χ1v) is 8.04. The maximum absolute atomic E-state index is 12.5. The molecule has 1 amide bonds. The number of aromatic nitrogens is 1. The van der Waals surface area contributed by atoms with E-state index in [4.69, 9.17) is 0 Å². The van der Waals surface area contributed by atoms with Crippen LogP contribution in [0.15, 0.2) is 29.6 Å². The number of rotatable bonds is 2. The monoisotopic (exact) mass is 301 g/mol. The average molecular weight is 301 g/mol. The van der Waals surface area contributed by atoms with Gasteiger partial charge in [-0.25, -0.2) is 4.98 Å². The van der Waals surface area contributed by atoms with E-state index in [1.807, 2.05) is 43.0 Å². The lowest BCUT2D eigenvalue weighted by atomic mass is 10.1. The summed E-state index contributed by atoms with van der Waals surface area (Å²) in [7, 11) is 0. The van der Waals surface area contributed by atoms with Crippen molar-refractivity contribution in [1.82, 2.24) is 9.88 Å². The SMILES string of the molecule is Cc1cccc(C(=O)N2CCN(c3nc(C)cs3)CC2)c1. The van der Waals surface area contributed by atoms with E-state index in [-0.39, 0.29) is 5.91 Å². The standard InChI is InChI=1S/C16H19N3OS/c1-12-4-3-5-14(10-12)15(20)18-6-8-19(9-7-18)16-17-13(2)11-21-16/h3-5,10-11H,6-9H2,1-2H3. The Bertz CT molecular complexity index is 644. The van der Waals surface area contributed by atoms with Crippen LogP contribution in [0.2, 0.25) is 0 Å². The van der Waals surface area contributed by atoms with Gasteiger partial charge in [0.15, 0.2) is 5.13 Å². The minimum atomic E-state index is 0.133. The zero-order valence-corrected chi connectivity index (χ0v) is 13.2. The number of amides is 1. The third-order valence-corrected chi connectivity index (χ3v) is 4.73. The summed E-state index contributed by atoms with van der Waals surface area (Å²) in [4.78, 5) is 21.2. The summed E-state index contributed by atoms with van der Waals surface area (Å²) in [6.07, 6.45) is 0. The van der Waals surface area contributed by atoms with E-state index in [1.165, 1.54) is 0 Å². The van der Waals surface area contributed by atoms with Gasteiger partial charge in [-0.1, -0.05) is 17.7 Å². The Kier molecular flexibility index (Phi) is 3.92. The molecule has 2 heterocycles. The fourth-order valence-corrected chi connectivity index (χ4v) is 3.41. The highest BCUT2D eigenvalue weighted by Gasteiger charge is 2.23. The lowest BCUT2D eigenvalue weighted by molar-refractivity contribution is 0.0746. The van der Waals surface area contributed by atoms with Gasteiger partial charge < -0.3 is 9.80 Å². The highest BCUT2D eigenvalue weighted by molar-refractivity contribution is 7.13. The summed E-state index contributed by atoms with van der Waals surface area (Å²) in [5, 5.41) is 3.13. The van der Waals surface area contributed by atoms with E-state index in [0.29, 0.717) is 0 Å². The first kappa shape index (κ1) is 14.1. The highest BCUT2D eigenvalue weighted by atomic mass is 32.1. The number of benzene rings is 1. The van der Waals surface area contributed by atoms with Crippen LogP contribution in [-0.4, -0.2) is 42.0 Å². The number of hydrogen-bond donors (Lipinski definition) is 0. The van der Waals surface area contributed by atoms with Crippen molar-refractivity contribution in [2.75, 3.05) is 31.1 Å². The van der Waals surface area contributed by atoms with Crippen LogP contribution in [0.5, 0.6) is 0 Å². The first-order valence-electron chi connectivity index (χ1n) is 7.16. The normalized spacial score (nSPS) is 15.3. The number of hydrogen-bond acceptors (Lipinski definition) is 4. The summed E-state index contributed by atoms with van der Waals surface area (Å²) in [5.74, 6) is 0.133. The van der Waals surface area contributed by atoms with Gasteiger partial charge in [0, 0.05) is 37.1 Å². The molecule has 1 aliphatic rings. The lowest BCUT2D eigenvalue weighted by Gasteiger charge is -2.34. The van der Waals surface area contributed by atoms with E-state index >= 15 is 0 Å². The van der Waals surface area contributed by atoms with Crippen molar-refractivity contribution in [3.63, 3.8) is 0 Å². The molecule has 3 rings (SSSR count). The van der Waals surface area contributed by atoms with Crippen LogP contribution >= 0.6 is 11.3 Å². The molecule has 21 heavy (non-hydrogen) atoms. The van der Waals surface area contributed by atoms with Crippen LogP contribution in [-0.2, 0) is 0 Å². The van der Waals surface area contributed by atoms with Crippen LogP contribution in [0.4, 0.5) is 5.13 Å². The van der Waals surface area contributed by atoms with Crippen molar-refractivity contribution in [1.29, 1.82) is 0 Å². The summed E-state index contributed by atoms with van der Waals surface area (Å²) in [6.45, 7) is 7.24. The maximum atomic E-state index is 12.5. The van der Waals surface area contributed by atoms with Gasteiger partial charge in [0.05, 0.1) is 5.69 Å². The van der Waals surface area contributed by atoms with Gasteiger partial charge in [0.25, 0.3) is 5.91 Å². The lowest BCUT2D eigenvalue weighted by Crippen LogP contribution is -2.48. The zero-order chi connectivity index (χ0) is 14.8. The molecule has 1 fully saturated rings. The number of carbonyl (C=O) groups is 1. The van der Waals surface area contributed by atoms with Gasteiger partial charge in [0.2, 0.25) is 0 Å². The highest BCUT2D eigenvalue weighted by Crippen LogP contribution is 2.21. The minimum Gasteiger partial charge on any atom is -0.345 e. The molecule has 0 N–H and O–H groups in total. The first-order chi connectivity index (χ1) is 10.1. The Balaban J connectivity index is 1.64. The smallest absolute Gasteiger partial charge is 0.253 e. The molecule has 0 atom stereocenters. The molecule has 2 aromatic rings. The fourth-order valence-electron chi connectivity index (χ4n) is 2.55. The largest absolute Gasteiger partial charge is 0.345 e. The van der Waals surface area contributed by atoms with Crippen LogP contribution < -0.4 is 4.90 Å². The predicted octanol–water partition coefficient (Wildman–Crippen LogP) is 2.72. The molecular formula is C16H19N3OS. The van der Waals surface area contributed by atoms with Crippen molar-refractivity contribution in [2.24, 2.45) is 0 Å². The number of piperazine rings is 1. The van der Waals surface area contributed by atoms with Gasteiger partial charge in [-0.15, -0.1) is 11.3 Å². The van der Waals surface area contributed by atoms with Crippen molar-refractivity contribution >= 4 is 22.4 Å². The van der Waals surface area contributed by atoms with Crippen LogP contribution in [0, 0.1) is 13.8 Å². The fraction of sp³-hybridized carbons (Fsp3) is 0.375. The molecule has 110 valence electrons. The molecule has 5 heteroatoms. The Labute approximate surface area is 129 Å². The third-order valence-electron chi connectivity index (χ3n) is 3.71. The van der Waals surface area contributed by atoms with E-state index in [2.05, 4.69) is 15.3 Å². The molecule has 1 saturated heterocycles. The molecule has 4 nitrogen and oxygen atoms in total. The second-order valence-corrected chi connectivity index (χ2v) is 6.26. The molecule has 1 aliphatic heterocycles.